The van der Waals surface area contributed by atoms with Crippen LogP contribution in [0.25, 0.3) is 0 Å². The Kier molecular flexibility index (Phi) is 6.12. The quantitative estimate of drug-likeness (QED) is 0.702. The van der Waals surface area contributed by atoms with E-state index in [2.05, 4.69) is 4.74 Å². The molecule has 2 aliphatic heterocycles. The molecule has 0 saturated carbocycles. The smallest absolute Gasteiger partial charge is 0.337 e. The van der Waals surface area contributed by atoms with Crippen molar-refractivity contribution < 1.29 is 28.2 Å². The van der Waals surface area contributed by atoms with E-state index in [0.29, 0.717) is 5.56 Å². The lowest BCUT2D eigenvalue weighted by Gasteiger charge is -2.31. The molecule has 0 spiro atoms. The summed E-state index contributed by atoms with van der Waals surface area (Å²) in [6, 6.07) is 7.25. The van der Waals surface area contributed by atoms with Crippen LogP contribution in [-0.2, 0) is 23.9 Å². The van der Waals surface area contributed by atoms with Crippen molar-refractivity contribution in [1.29, 1.82) is 5.26 Å². The fourth-order valence-corrected chi connectivity index (χ4v) is 4.64. The van der Waals surface area contributed by atoms with Crippen LogP contribution in [0.3, 0.4) is 0 Å². The number of nitrogens with two attached hydrogens (primary N) is 1. The zero-order valence-corrected chi connectivity index (χ0v) is 17.0. The van der Waals surface area contributed by atoms with Gasteiger partial charge in [0.15, 0.2) is 0 Å². The Morgan fingerprint density at radius 1 is 1.33 bits per heavy atom. The van der Waals surface area contributed by atoms with Crippen molar-refractivity contribution in [3.05, 3.63) is 57.6 Å². The van der Waals surface area contributed by atoms with E-state index in [9.17, 15) is 24.0 Å². The molecule has 8 nitrogen and oxygen atoms in total. The van der Waals surface area contributed by atoms with Crippen LogP contribution in [0, 0.1) is 17.1 Å². The molecular formula is C20H18FN3O5S. The number of hydrogen-bond donors (Lipinski definition) is 1. The van der Waals surface area contributed by atoms with Gasteiger partial charge in [-0.25, -0.2) is 9.18 Å². The third-order valence-corrected chi connectivity index (χ3v) is 5.95. The SMILES string of the molecule is CCOC(=O)C1=C2S[C@@H](CC(=O)OC)C(=O)N2C(N)=C(C#N)[C@H]1c1ccc(F)cc1. The molecule has 156 valence electrons. The summed E-state index contributed by atoms with van der Waals surface area (Å²) in [7, 11) is 1.20. The second-order valence-corrected chi connectivity index (χ2v) is 7.59. The van der Waals surface area contributed by atoms with Gasteiger partial charge in [-0.05, 0) is 24.6 Å². The van der Waals surface area contributed by atoms with Gasteiger partial charge < -0.3 is 15.2 Å². The fourth-order valence-electron chi connectivity index (χ4n) is 3.32. The monoisotopic (exact) mass is 431 g/mol. The summed E-state index contributed by atoms with van der Waals surface area (Å²) in [5.74, 6) is -3.44. The van der Waals surface area contributed by atoms with E-state index in [0.717, 1.165) is 16.7 Å². The van der Waals surface area contributed by atoms with Gasteiger partial charge in [0.1, 0.15) is 16.9 Å². The van der Waals surface area contributed by atoms with Gasteiger partial charge in [0.25, 0.3) is 0 Å². The number of methoxy groups -OCH3 is 1. The highest BCUT2D eigenvalue weighted by Crippen LogP contribution is 2.50. The molecule has 2 aliphatic rings. The largest absolute Gasteiger partial charge is 0.469 e. The number of hydrogen-bond acceptors (Lipinski definition) is 8. The van der Waals surface area contributed by atoms with E-state index in [1.165, 1.54) is 31.4 Å². The van der Waals surface area contributed by atoms with Gasteiger partial charge in [0.2, 0.25) is 5.91 Å². The van der Waals surface area contributed by atoms with Gasteiger partial charge >= 0.3 is 11.9 Å². The molecule has 1 saturated heterocycles. The normalized spacial score (nSPS) is 20.7. The summed E-state index contributed by atoms with van der Waals surface area (Å²) >= 11 is 0.983. The first-order valence-corrected chi connectivity index (χ1v) is 9.85. The van der Waals surface area contributed by atoms with E-state index in [1.54, 1.807) is 6.92 Å². The van der Waals surface area contributed by atoms with Crippen molar-refractivity contribution in [2.45, 2.75) is 24.5 Å². The lowest BCUT2D eigenvalue weighted by molar-refractivity contribution is -0.142. The summed E-state index contributed by atoms with van der Waals surface area (Å²) in [4.78, 5) is 38.6. The number of benzene rings is 1. The number of nitrogens with zero attached hydrogens (tertiary/aromatic N) is 2. The van der Waals surface area contributed by atoms with Crippen molar-refractivity contribution in [1.82, 2.24) is 4.90 Å². The van der Waals surface area contributed by atoms with E-state index in [1.807, 2.05) is 6.07 Å². The lowest BCUT2D eigenvalue weighted by atomic mass is 9.83. The van der Waals surface area contributed by atoms with Crippen molar-refractivity contribution in [3.63, 3.8) is 0 Å². The molecule has 1 amide bonds. The third-order valence-electron chi connectivity index (χ3n) is 4.68. The summed E-state index contributed by atoms with van der Waals surface area (Å²) in [6.07, 6.45) is -0.230. The Morgan fingerprint density at radius 3 is 2.57 bits per heavy atom. The van der Waals surface area contributed by atoms with Gasteiger partial charge in [-0.2, -0.15) is 5.26 Å². The van der Waals surface area contributed by atoms with Crippen LogP contribution in [0.2, 0.25) is 0 Å². The highest BCUT2D eigenvalue weighted by atomic mass is 32.2. The lowest BCUT2D eigenvalue weighted by Crippen LogP contribution is -2.38. The predicted octanol–water partition coefficient (Wildman–Crippen LogP) is 1.90. The maximum absolute atomic E-state index is 13.5. The number of esters is 2. The van der Waals surface area contributed by atoms with Crippen molar-refractivity contribution in [2.24, 2.45) is 5.73 Å². The Bertz CT molecular complexity index is 1010. The molecule has 0 radical (unpaired) electrons. The first kappa shape index (κ1) is 21.4. The Morgan fingerprint density at radius 2 is 2.00 bits per heavy atom. The molecule has 30 heavy (non-hydrogen) atoms. The molecule has 2 heterocycles. The number of ether oxygens (including phenoxy) is 2. The summed E-state index contributed by atoms with van der Waals surface area (Å²) < 4.78 is 23.3. The zero-order chi connectivity index (χ0) is 22.0. The first-order valence-electron chi connectivity index (χ1n) is 8.97. The molecule has 1 fully saturated rings. The fraction of sp³-hybridized carbons (Fsp3) is 0.300. The molecular weight excluding hydrogens is 413 g/mol. The number of rotatable bonds is 5. The van der Waals surface area contributed by atoms with Gasteiger partial charge in [0, 0.05) is 0 Å². The van der Waals surface area contributed by atoms with Crippen LogP contribution in [0.5, 0.6) is 0 Å². The Labute approximate surface area is 176 Å². The average molecular weight is 431 g/mol. The molecule has 1 aromatic rings. The molecule has 0 unspecified atom stereocenters. The number of thioether (sulfide) groups is 1. The van der Waals surface area contributed by atoms with Gasteiger partial charge in [-0.1, -0.05) is 23.9 Å². The minimum atomic E-state index is -0.946. The number of carbonyl (C=O) groups excluding carboxylic acids is 3. The maximum Gasteiger partial charge on any atom is 0.337 e. The van der Waals surface area contributed by atoms with Crippen LogP contribution in [0.15, 0.2) is 46.3 Å². The van der Waals surface area contributed by atoms with Crippen LogP contribution in [-0.4, -0.2) is 41.7 Å². The minimum absolute atomic E-state index is 0.0407. The molecule has 2 N–H and O–H groups in total. The molecule has 0 aromatic heterocycles. The summed E-state index contributed by atoms with van der Waals surface area (Å²) in [5.41, 5.74) is 6.60. The molecule has 1 aromatic carbocycles. The van der Waals surface area contributed by atoms with Crippen molar-refractivity contribution in [2.75, 3.05) is 13.7 Å². The number of amides is 1. The summed E-state index contributed by atoms with van der Waals surface area (Å²) in [5, 5.41) is 9.10. The van der Waals surface area contributed by atoms with Crippen LogP contribution >= 0.6 is 11.8 Å². The topological polar surface area (TPSA) is 123 Å². The average Bonchev–Trinajstić information content (AvgIpc) is 3.04. The van der Waals surface area contributed by atoms with Gasteiger partial charge in [0.05, 0.1) is 48.3 Å². The Balaban J connectivity index is 2.20. The minimum Gasteiger partial charge on any atom is -0.469 e. The first-order chi connectivity index (χ1) is 14.3. The second kappa shape index (κ2) is 8.59. The number of fused-ring (bicyclic) bond motifs is 1. The van der Waals surface area contributed by atoms with Crippen LogP contribution < -0.4 is 5.73 Å². The third kappa shape index (κ3) is 3.64. The molecule has 0 aliphatic carbocycles. The van der Waals surface area contributed by atoms with E-state index < -0.39 is 34.8 Å². The maximum atomic E-state index is 13.5. The number of halogens is 1. The van der Waals surface area contributed by atoms with Crippen molar-refractivity contribution >= 4 is 29.6 Å². The van der Waals surface area contributed by atoms with E-state index >= 15 is 0 Å². The predicted molar refractivity (Wildman–Crippen MR) is 104 cm³/mol. The van der Waals surface area contributed by atoms with E-state index in [4.69, 9.17) is 10.5 Å². The standard InChI is InChI=1S/C20H18FN3O5S/c1-3-29-20(27)16-15(10-4-6-11(21)7-5-10)12(9-22)17(23)24-18(26)13(30-19(16)24)8-14(25)28-2/h4-7,13,15H,3,8,23H2,1-2H3/t13-,15+/m0/s1. The zero-order valence-electron chi connectivity index (χ0n) is 16.2. The highest BCUT2D eigenvalue weighted by Gasteiger charge is 2.49. The Hall–Kier alpha value is -3.32. The molecule has 2 atom stereocenters. The number of allylic oxidation sites excluding steroid dienone is 1. The second-order valence-electron chi connectivity index (χ2n) is 6.39. The van der Waals surface area contributed by atoms with Crippen molar-refractivity contribution in [3.8, 4) is 6.07 Å². The van der Waals surface area contributed by atoms with Crippen LogP contribution in [0.4, 0.5) is 4.39 Å². The van der Waals surface area contributed by atoms with Crippen LogP contribution in [0.1, 0.15) is 24.8 Å². The molecule has 0 bridgehead atoms. The number of carbonyl (C=O) groups is 3. The number of nitriles is 1. The molecule has 10 heteroatoms. The molecule has 3 rings (SSSR count). The summed E-state index contributed by atoms with van der Waals surface area (Å²) in [6.45, 7) is 1.69. The van der Waals surface area contributed by atoms with E-state index in [-0.39, 0.29) is 35.0 Å². The van der Waals surface area contributed by atoms with Gasteiger partial charge in [-0.3, -0.25) is 14.5 Å². The van der Waals surface area contributed by atoms with Gasteiger partial charge in [-0.15, -0.1) is 0 Å². The highest BCUT2D eigenvalue weighted by molar-refractivity contribution is 8.04.